The summed E-state index contributed by atoms with van der Waals surface area (Å²) in [5, 5.41) is 8.13. The summed E-state index contributed by atoms with van der Waals surface area (Å²) in [6.45, 7) is 1.39. The van der Waals surface area contributed by atoms with Crippen molar-refractivity contribution in [1.82, 2.24) is 15.1 Å². The number of hydrogen-bond acceptors (Lipinski definition) is 3. The van der Waals surface area contributed by atoms with Gasteiger partial charge in [-0.2, -0.15) is 5.10 Å². The number of nitrogens with one attached hydrogen (secondary N) is 1. The molecule has 0 radical (unpaired) electrons. The predicted octanol–water partition coefficient (Wildman–Crippen LogP) is 1.48. The number of carbonyl (C=O) groups is 1. The van der Waals surface area contributed by atoms with Crippen LogP contribution in [-0.4, -0.2) is 34.9 Å². The molecule has 0 spiro atoms. The molecule has 0 saturated carbocycles. The minimum Gasteiger partial charge on any atom is -0.376 e. The Morgan fingerprint density at radius 1 is 1.58 bits per heavy atom. The maximum absolute atomic E-state index is 12.1. The zero-order valence-corrected chi connectivity index (χ0v) is 10.9. The lowest BCUT2D eigenvalue weighted by Gasteiger charge is -2.10. The highest BCUT2D eigenvalue weighted by molar-refractivity contribution is 5.97. The van der Waals surface area contributed by atoms with E-state index in [1.807, 2.05) is 25.2 Å². The van der Waals surface area contributed by atoms with Gasteiger partial charge in [0.1, 0.15) is 0 Å². The molecule has 1 unspecified atom stereocenters. The molecule has 0 bridgehead atoms. The van der Waals surface area contributed by atoms with Crippen LogP contribution in [0.2, 0.25) is 0 Å². The van der Waals surface area contributed by atoms with Crippen LogP contribution in [0.15, 0.2) is 24.4 Å². The van der Waals surface area contributed by atoms with Gasteiger partial charge in [-0.05, 0) is 25.0 Å². The summed E-state index contributed by atoms with van der Waals surface area (Å²) in [6, 6.07) is 5.62. The highest BCUT2D eigenvalue weighted by Gasteiger charge is 2.16. The minimum atomic E-state index is -0.0569. The van der Waals surface area contributed by atoms with Gasteiger partial charge in [0.2, 0.25) is 0 Å². The van der Waals surface area contributed by atoms with Gasteiger partial charge in [0.05, 0.1) is 17.8 Å². The molecule has 100 valence electrons. The third-order valence-electron chi connectivity index (χ3n) is 3.53. The second-order valence-corrected chi connectivity index (χ2v) is 4.89. The van der Waals surface area contributed by atoms with Crippen molar-refractivity contribution in [2.24, 2.45) is 7.05 Å². The summed E-state index contributed by atoms with van der Waals surface area (Å²) in [7, 11) is 1.87. The van der Waals surface area contributed by atoms with E-state index >= 15 is 0 Å². The first kappa shape index (κ1) is 12.2. The third kappa shape index (κ3) is 2.46. The van der Waals surface area contributed by atoms with Crippen LogP contribution in [0, 0.1) is 0 Å². The molecule has 5 nitrogen and oxygen atoms in total. The number of ether oxygens (including phenoxy) is 1. The van der Waals surface area contributed by atoms with E-state index in [4.69, 9.17) is 4.74 Å². The summed E-state index contributed by atoms with van der Waals surface area (Å²) in [6.07, 6.45) is 4.08. The fourth-order valence-corrected chi connectivity index (χ4v) is 2.40. The number of carbonyl (C=O) groups excluding carboxylic acids is 1. The molecule has 1 aromatic heterocycles. The molecule has 1 N–H and O–H groups in total. The number of aromatic nitrogens is 2. The van der Waals surface area contributed by atoms with Gasteiger partial charge >= 0.3 is 0 Å². The average molecular weight is 259 g/mol. The molecular weight excluding hydrogens is 242 g/mol. The predicted molar refractivity (Wildman–Crippen MR) is 72.0 cm³/mol. The average Bonchev–Trinajstić information content (AvgIpc) is 3.06. The van der Waals surface area contributed by atoms with E-state index in [9.17, 15) is 4.79 Å². The van der Waals surface area contributed by atoms with Crippen LogP contribution in [0.5, 0.6) is 0 Å². The molecule has 1 saturated heterocycles. The fraction of sp³-hybridized carbons (Fsp3) is 0.429. The number of rotatable bonds is 3. The molecule has 0 aliphatic carbocycles. The van der Waals surface area contributed by atoms with Gasteiger partial charge in [-0.1, -0.05) is 6.07 Å². The van der Waals surface area contributed by atoms with Crippen LogP contribution in [0.4, 0.5) is 0 Å². The fourth-order valence-electron chi connectivity index (χ4n) is 2.40. The summed E-state index contributed by atoms with van der Waals surface area (Å²) < 4.78 is 7.26. The maximum Gasteiger partial charge on any atom is 0.251 e. The molecular formula is C14H17N3O2. The number of nitrogens with zero attached hydrogens (tertiary/aromatic N) is 2. The first-order chi connectivity index (χ1) is 9.24. The second-order valence-electron chi connectivity index (χ2n) is 4.89. The zero-order chi connectivity index (χ0) is 13.2. The molecule has 1 aliphatic rings. The van der Waals surface area contributed by atoms with E-state index in [1.54, 1.807) is 10.9 Å². The lowest BCUT2D eigenvalue weighted by atomic mass is 10.1. The number of amides is 1. The van der Waals surface area contributed by atoms with E-state index in [0.29, 0.717) is 12.1 Å². The standard InChI is InChI=1S/C14H17N3O2/c1-17-13-7-10(4-5-11(13)8-16-17)14(18)15-9-12-3-2-6-19-12/h4-5,7-8,12H,2-3,6,9H2,1H3,(H,15,18). The molecule has 1 atom stereocenters. The summed E-state index contributed by atoms with van der Waals surface area (Å²) >= 11 is 0. The Morgan fingerprint density at radius 3 is 3.26 bits per heavy atom. The Bertz CT molecular complexity index is 600. The highest BCUT2D eigenvalue weighted by Crippen LogP contribution is 2.15. The molecule has 1 fully saturated rings. The van der Waals surface area contributed by atoms with Crippen LogP contribution in [0.25, 0.3) is 10.9 Å². The van der Waals surface area contributed by atoms with Gasteiger partial charge in [-0.3, -0.25) is 9.48 Å². The van der Waals surface area contributed by atoms with Crippen LogP contribution >= 0.6 is 0 Å². The van der Waals surface area contributed by atoms with Crippen molar-refractivity contribution in [3.8, 4) is 0 Å². The van der Waals surface area contributed by atoms with Crippen molar-refractivity contribution in [2.75, 3.05) is 13.2 Å². The summed E-state index contributed by atoms with van der Waals surface area (Å²) in [5.74, 6) is -0.0569. The number of fused-ring (bicyclic) bond motifs is 1. The Kier molecular flexibility index (Phi) is 3.21. The van der Waals surface area contributed by atoms with Gasteiger partial charge in [0.25, 0.3) is 5.91 Å². The van der Waals surface area contributed by atoms with Gasteiger partial charge < -0.3 is 10.1 Å². The monoisotopic (exact) mass is 259 g/mol. The van der Waals surface area contributed by atoms with Crippen LogP contribution in [0.3, 0.4) is 0 Å². The number of aryl methyl sites for hydroxylation is 1. The van der Waals surface area contributed by atoms with Crippen molar-refractivity contribution in [3.63, 3.8) is 0 Å². The van der Waals surface area contributed by atoms with Gasteiger partial charge in [0, 0.05) is 31.1 Å². The minimum absolute atomic E-state index is 0.0569. The lowest BCUT2D eigenvalue weighted by Crippen LogP contribution is -2.31. The van der Waals surface area contributed by atoms with Gasteiger partial charge in [0.15, 0.2) is 0 Å². The van der Waals surface area contributed by atoms with E-state index in [1.165, 1.54) is 0 Å². The van der Waals surface area contributed by atoms with E-state index < -0.39 is 0 Å². The highest BCUT2D eigenvalue weighted by atomic mass is 16.5. The Labute approximate surface area is 111 Å². The quantitative estimate of drug-likeness (QED) is 0.908. The molecule has 5 heteroatoms. The van der Waals surface area contributed by atoms with Crippen molar-refractivity contribution < 1.29 is 9.53 Å². The first-order valence-electron chi connectivity index (χ1n) is 6.55. The Hall–Kier alpha value is -1.88. The van der Waals surface area contributed by atoms with Crippen molar-refractivity contribution in [3.05, 3.63) is 30.0 Å². The van der Waals surface area contributed by atoms with E-state index in [2.05, 4.69) is 10.4 Å². The van der Waals surface area contributed by atoms with Crippen LogP contribution < -0.4 is 5.32 Å². The van der Waals surface area contributed by atoms with E-state index in [-0.39, 0.29) is 12.0 Å². The Morgan fingerprint density at radius 2 is 2.47 bits per heavy atom. The lowest BCUT2D eigenvalue weighted by molar-refractivity contribution is 0.0858. The van der Waals surface area contributed by atoms with Crippen LogP contribution in [0.1, 0.15) is 23.2 Å². The third-order valence-corrected chi connectivity index (χ3v) is 3.53. The second kappa shape index (κ2) is 5.01. The molecule has 1 aromatic carbocycles. The van der Waals surface area contributed by atoms with Crippen molar-refractivity contribution in [2.45, 2.75) is 18.9 Å². The number of benzene rings is 1. The van der Waals surface area contributed by atoms with Crippen molar-refractivity contribution >= 4 is 16.8 Å². The van der Waals surface area contributed by atoms with E-state index in [0.717, 1.165) is 30.4 Å². The summed E-state index contributed by atoms with van der Waals surface area (Å²) in [5.41, 5.74) is 1.62. The van der Waals surface area contributed by atoms with Gasteiger partial charge in [-0.25, -0.2) is 0 Å². The zero-order valence-electron chi connectivity index (χ0n) is 10.9. The Balaban J connectivity index is 1.71. The summed E-state index contributed by atoms with van der Waals surface area (Å²) in [4.78, 5) is 12.1. The molecule has 19 heavy (non-hydrogen) atoms. The van der Waals surface area contributed by atoms with Crippen molar-refractivity contribution in [1.29, 1.82) is 0 Å². The largest absolute Gasteiger partial charge is 0.376 e. The molecule has 2 aromatic rings. The van der Waals surface area contributed by atoms with Gasteiger partial charge in [-0.15, -0.1) is 0 Å². The first-order valence-corrected chi connectivity index (χ1v) is 6.55. The normalized spacial score (nSPS) is 18.9. The topological polar surface area (TPSA) is 56.2 Å². The molecule has 2 heterocycles. The SMILES string of the molecule is Cn1ncc2ccc(C(=O)NCC3CCCO3)cc21. The molecule has 3 rings (SSSR count). The maximum atomic E-state index is 12.1. The molecule has 1 amide bonds. The smallest absolute Gasteiger partial charge is 0.251 e. The number of hydrogen-bond donors (Lipinski definition) is 1. The van der Waals surface area contributed by atoms with Crippen LogP contribution in [-0.2, 0) is 11.8 Å². The molecule has 1 aliphatic heterocycles.